The lowest BCUT2D eigenvalue weighted by Gasteiger charge is -2.37. The molecule has 1 aliphatic heterocycles. The van der Waals surface area contributed by atoms with E-state index in [0.29, 0.717) is 11.4 Å². The van der Waals surface area contributed by atoms with Gasteiger partial charge in [-0.2, -0.15) is 0 Å². The van der Waals surface area contributed by atoms with Gasteiger partial charge in [0.05, 0.1) is 11.4 Å². The molecule has 4 nitrogen and oxygen atoms in total. The van der Waals surface area contributed by atoms with Gasteiger partial charge in [0, 0.05) is 46.9 Å². The summed E-state index contributed by atoms with van der Waals surface area (Å²) in [5, 5.41) is 2.79. The van der Waals surface area contributed by atoms with Gasteiger partial charge in [-0.25, -0.2) is 4.39 Å². The number of piperazine rings is 1. The number of nitrogens with zero attached hydrogens (tertiary/aromatic N) is 2. The molecule has 1 saturated heterocycles. The number of rotatable bonds is 6. The quantitative estimate of drug-likeness (QED) is 0.444. The summed E-state index contributed by atoms with van der Waals surface area (Å²) in [7, 11) is 0. The topological polar surface area (TPSA) is 35.6 Å². The van der Waals surface area contributed by atoms with Crippen LogP contribution in [-0.2, 0) is 4.79 Å². The average molecular weight is 500 g/mol. The number of para-hydroxylation sites is 1. The maximum Gasteiger partial charge on any atom is 0.234 e. The Bertz CT molecular complexity index is 1020. The van der Waals surface area contributed by atoms with E-state index in [9.17, 15) is 9.18 Å². The number of anilines is 3. The second kappa shape index (κ2) is 10.2. The number of halogens is 2. The first kappa shape index (κ1) is 21.7. The molecular weight excluding hydrogens is 477 g/mol. The lowest BCUT2D eigenvalue weighted by atomic mass is 10.2. The Hall–Kier alpha value is -2.51. The van der Waals surface area contributed by atoms with Gasteiger partial charge in [0.2, 0.25) is 5.91 Å². The van der Waals surface area contributed by atoms with Crippen LogP contribution in [-0.4, -0.2) is 37.8 Å². The van der Waals surface area contributed by atoms with E-state index in [1.807, 2.05) is 42.5 Å². The third-order valence-corrected chi connectivity index (χ3v) is 6.70. The minimum Gasteiger partial charge on any atom is -0.368 e. The first-order valence-electron chi connectivity index (χ1n) is 10.1. The number of benzene rings is 3. The Morgan fingerprint density at radius 3 is 2.29 bits per heavy atom. The molecule has 0 saturated carbocycles. The second-order valence-electron chi connectivity index (χ2n) is 7.27. The highest BCUT2D eigenvalue weighted by atomic mass is 79.9. The zero-order valence-electron chi connectivity index (χ0n) is 16.9. The fraction of sp³-hybridized carbons (Fsp3) is 0.208. The predicted octanol–water partition coefficient (Wildman–Crippen LogP) is 5.65. The van der Waals surface area contributed by atoms with Crippen LogP contribution in [0.25, 0.3) is 0 Å². The van der Waals surface area contributed by atoms with Crippen molar-refractivity contribution in [3.63, 3.8) is 0 Å². The zero-order chi connectivity index (χ0) is 21.6. The fourth-order valence-electron chi connectivity index (χ4n) is 3.56. The molecule has 0 aromatic heterocycles. The number of carbonyl (C=O) groups is 1. The molecular formula is C24H23BrFN3OS. The molecule has 1 N–H and O–H groups in total. The van der Waals surface area contributed by atoms with E-state index in [-0.39, 0.29) is 17.5 Å². The van der Waals surface area contributed by atoms with Crippen molar-refractivity contribution in [2.45, 2.75) is 4.90 Å². The van der Waals surface area contributed by atoms with Crippen LogP contribution in [0.3, 0.4) is 0 Å². The molecule has 7 heteroatoms. The van der Waals surface area contributed by atoms with Crippen LogP contribution in [0.5, 0.6) is 0 Å². The van der Waals surface area contributed by atoms with Gasteiger partial charge in [-0.15, -0.1) is 11.8 Å². The zero-order valence-corrected chi connectivity index (χ0v) is 19.3. The fourth-order valence-corrected chi connectivity index (χ4v) is 4.53. The van der Waals surface area contributed by atoms with Gasteiger partial charge >= 0.3 is 0 Å². The van der Waals surface area contributed by atoms with Crippen molar-refractivity contribution in [1.29, 1.82) is 0 Å². The smallest absolute Gasteiger partial charge is 0.234 e. The van der Waals surface area contributed by atoms with E-state index in [2.05, 4.69) is 43.2 Å². The highest BCUT2D eigenvalue weighted by Gasteiger charge is 2.20. The third-order valence-electron chi connectivity index (χ3n) is 5.16. The van der Waals surface area contributed by atoms with E-state index in [4.69, 9.17) is 0 Å². The minimum absolute atomic E-state index is 0.156. The Morgan fingerprint density at radius 1 is 0.935 bits per heavy atom. The monoisotopic (exact) mass is 499 g/mol. The molecule has 4 rings (SSSR count). The number of thioether (sulfide) groups is 1. The summed E-state index contributed by atoms with van der Waals surface area (Å²) in [6.07, 6.45) is 0. The van der Waals surface area contributed by atoms with Crippen LogP contribution in [0, 0.1) is 5.82 Å². The Morgan fingerprint density at radius 2 is 1.61 bits per heavy atom. The van der Waals surface area contributed by atoms with Gasteiger partial charge in [0.25, 0.3) is 0 Å². The normalized spacial score (nSPS) is 13.9. The average Bonchev–Trinajstić information content (AvgIpc) is 2.80. The maximum absolute atomic E-state index is 14.8. The van der Waals surface area contributed by atoms with Gasteiger partial charge in [-0.3, -0.25) is 4.79 Å². The standard InChI is InChI=1S/C24H23BrFN3OS/c25-18-6-9-21(10-7-18)31-17-24(30)27-19-8-11-23(22(26)16-19)29-14-12-28(13-15-29)20-4-2-1-3-5-20/h1-11,16H,12-15,17H2,(H,27,30). The highest BCUT2D eigenvalue weighted by Crippen LogP contribution is 2.26. The first-order valence-corrected chi connectivity index (χ1v) is 11.9. The molecule has 1 heterocycles. The summed E-state index contributed by atoms with van der Waals surface area (Å²) in [5.74, 6) is -0.199. The van der Waals surface area contributed by atoms with Gasteiger partial charge < -0.3 is 15.1 Å². The van der Waals surface area contributed by atoms with Crippen LogP contribution in [0.4, 0.5) is 21.5 Å². The summed E-state index contributed by atoms with van der Waals surface area (Å²) in [5.41, 5.74) is 2.25. The van der Waals surface area contributed by atoms with Crippen molar-refractivity contribution >= 4 is 50.7 Å². The molecule has 0 unspecified atom stereocenters. The molecule has 3 aromatic rings. The van der Waals surface area contributed by atoms with E-state index in [1.54, 1.807) is 12.1 Å². The number of amides is 1. The molecule has 0 aliphatic carbocycles. The third kappa shape index (κ3) is 5.80. The van der Waals surface area contributed by atoms with Crippen LogP contribution in [0.15, 0.2) is 82.2 Å². The predicted molar refractivity (Wildman–Crippen MR) is 131 cm³/mol. The van der Waals surface area contributed by atoms with Crippen molar-refractivity contribution in [3.8, 4) is 0 Å². The summed E-state index contributed by atoms with van der Waals surface area (Å²) in [6, 6.07) is 23.0. The van der Waals surface area contributed by atoms with Gasteiger partial charge in [-0.05, 0) is 54.6 Å². The van der Waals surface area contributed by atoms with Crippen LogP contribution >= 0.6 is 27.7 Å². The molecule has 0 radical (unpaired) electrons. The first-order chi connectivity index (χ1) is 15.1. The SMILES string of the molecule is O=C(CSc1ccc(Br)cc1)Nc1ccc(N2CCN(c3ccccc3)CC2)c(F)c1. The Labute approximate surface area is 194 Å². The molecule has 0 spiro atoms. The Kier molecular flexibility index (Phi) is 7.14. The van der Waals surface area contributed by atoms with E-state index < -0.39 is 0 Å². The molecule has 31 heavy (non-hydrogen) atoms. The lowest BCUT2D eigenvalue weighted by molar-refractivity contribution is -0.113. The maximum atomic E-state index is 14.8. The molecule has 1 fully saturated rings. The molecule has 160 valence electrons. The molecule has 1 aliphatic rings. The van der Waals surface area contributed by atoms with Crippen LogP contribution in [0.2, 0.25) is 0 Å². The summed E-state index contributed by atoms with van der Waals surface area (Å²) >= 11 is 4.84. The van der Waals surface area contributed by atoms with Gasteiger partial charge in [-0.1, -0.05) is 34.1 Å². The molecule has 0 bridgehead atoms. The molecule has 1 amide bonds. The minimum atomic E-state index is -0.313. The summed E-state index contributed by atoms with van der Waals surface area (Å²) < 4.78 is 15.8. The molecule has 0 atom stereocenters. The second-order valence-corrected chi connectivity index (χ2v) is 9.23. The summed E-state index contributed by atoms with van der Waals surface area (Å²) in [6.45, 7) is 3.19. The van der Waals surface area contributed by atoms with Crippen LogP contribution < -0.4 is 15.1 Å². The van der Waals surface area contributed by atoms with Crippen LogP contribution in [0.1, 0.15) is 0 Å². The number of nitrogens with one attached hydrogen (secondary N) is 1. The largest absolute Gasteiger partial charge is 0.368 e. The van der Waals surface area contributed by atoms with Gasteiger partial charge in [0.15, 0.2) is 0 Å². The van der Waals surface area contributed by atoms with Crippen molar-refractivity contribution in [2.75, 3.05) is 47.0 Å². The lowest BCUT2D eigenvalue weighted by Crippen LogP contribution is -2.46. The number of hydrogen-bond acceptors (Lipinski definition) is 4. The highest BCUT2D eigenvalue weighted by molar-refractivity contribution is 9.10. The number of hydrogen-bond donors (Lipinski definition) is 1. The van der Waals surface area contributed by atoms with Gasteiger partial charge in [0.1, 0.15) is 5.82 Å². The van der Waals surface area contributed by atoms with E-state index >= 15 is 0 Å². The van der Waals surface area contributed by atoms with Crippen molar-refractivity contribution < 1.29 is 9.18 Å². The van der Waals surface area contributed by atoms with Crippen molar-refractivity contribution in [3.05, 3.63) is 83.1 Å². The van der Waals surface area contributed by atoms with Crippen molar-refractivity contribution in [1.82, 2.24) is 0 Å². The molecule has 3 aromatic carbocycles. The van der Waals surface area contributed by atoms with E-state index in [0.717, 1.165) is 35.5 Å². The van der Waals surface area contributed by atoms with E-state index in [1.165, 1.54) is 23.5 Å². The van der Waals surface area contributed by atoms with Crippen molar-refractivity contribution in [2.24, 2.45) is 0 Å². The Balaban J connectivity index is 1.31. The number of carbonyl (C=O) groups excluding carboxylic acids is 1. The summed E-state index contributed by atoms with van der Waals surface area (Å²) in [4.78, 5) is 17.6.